The molecule has 2 rings (SSSR count). The van der Waals surface area contributed by atoms with E-state index in [9.17, 15) is 10.1 Å². The topological polar surface area (TPSA) is 69.2 Å². The Morgan fingerprint density at radius 2 is 1.85 bits per heavy atom. The highest BCUT2D eigenvalue weighted by atomic mass is 16.6. The largest absolute Gasteiger partial charge is 0.324 e. The molecule has 0 aliphatic heterocycles. The molecule has 104 valence electrons. The molecule has 0 fully saturated rings. The number of hydrogen-bond donors (Lipinski definition) is 1. The molecule has 0 saturated heterocycles. The standard InChI is InChI=1S/C16H18N2O2/c1-11-7-8-13(9-12(11)2)15(17)10-14-5-3-4-6-16(14)18(19)20/h3-9,15H,10,17H2,1-2H3. The van der Waals surface area contributed by atoms with Crippen LogP contribution < -0.4 is 5.73 Å². The molecule has 4 nitrogen and oxygen atoms in total. The van der Waals surface area contributed by atoms with Crippen molar-refractivity contribution in [3.63, 3.8) is 0 Å². The van der Waals surface area contributed by atoms with Crippen LogP contribution in [0.15, 0.2) is 42.5 Å². The fourth-order valence-corrected chi connectivity index (χ4v) is 2.21. The lowest BCUT2D eigenvalue weighted by Gasteiger charge is -2.14. The van der Waals surface area contributed by atoms with Crippen molar-refractivity contribution in [2.24, 2.45) is 5.73 Å². The Morgan fingerprint density at radius 1 is 1.15 bits per heavy atom. The van der Waals surface area contributed by atoms with Gasteiger partial charge in [-0.2, -0.15) is 0 Å². The number of para-hydroxylation sites is 1. The van der Waals surface area contributed by atoms with Crippen LogP contribution in [0.5, 0.6) is 0 Å². The summed E-state index contributed by atoms with van der Waals surface area (Å²) in [6.45, 7) is 4.09. The van der Waals surface area contributed by atoms with E-state index in [1.807, 2.05) is 26.0 Å². The summed E-state index contributed by atoms with van der Waals surface area (Å²) in [5.74, 6) is 0. The fraction of sp³-hybridized carbons (Fsp3) is 0.250. The molecular formula is C16H18N2O2. The molecule has 0 spiro atoms. The van der Waals surface area contributed by atoms with Gasteiger partial charge < -0.3 is 5.73 Å². The van der Waals surface area contributed by atoms with Crippen LogP contribution in [0.25, 0.3) is 0 Å². The molecule has 1 atom stereocenters. The van der Waals surface area contributed by atoms with Crippen LogP contribution in [0.2, 0.25) is 0 Å². The summed E-state index contributed by atoms with van der Waals surface area (Å²) < 4.78 is 0. The number of nitro groups is 1. The van der Waals surface area contributed by atoms with Gasteiger partial charge in [-0.05, 0) is 37.0 Å². The van der Waals surface area contributed by atoms with E-state index in [0.29, 0.717) is 12.0 Å². The Balaban J connectivity index is 2.25. The molecule has 0 aromatic heterocycles. The quantitative estimate of drug-likeness (QED) is 0.683. The molecule has 20 heavy (non-hydrogen) atoms. The zero-order valence-electron chi connectivity index (χ0n) is 11.7. The number of benzene rings is 2. The Morgan fingerprint density at radius 3 is 2.50 bits per heavy atom. The monoisotopic (exact) mass is 270 g/mol. The summed E-state index contributed by atoms with van der Waals surface area (Å²) in [6.07, 6.45) is 0.458. The molecule has 4 heteroatoms. The van der Waals surface area contributed by atoms with Gasteiger partial charge in [-0.1, -0.05) is 36.4 Å². The van der Waals surface area contributed by atoms with Crippen molar-refractivity contribution in [2.75, 3.05) is 0 Å². The minimum absolute atomic E-state index is 0.131. The van der Waals surface area contributed by atoms with Crippen LogP contribution in [0.1, 0.15) is 28.3 Å². The zero-order valence-corrected chi connectivity index (χ0v) is 11.7. The lowest BCUT2D eigenvalue weighted by atomic mass is 9.96. The maximum absolute atomic E-state index is 11.0. The van der Waals surface area contributed by atoms with E-state index in [4.69, 9.17) is 5.73 Å². The predicted molar refractivity (Wildman–Crippen MR) is 79.6 cm³/mol. The van der Waals surface area contributed by atoms with Gasteiger partial charge in [0.25, 0.3) is 5.69 Å². The second-order valence-electron chi connectivity index (χ2n) is 5.04. The van der Waals surface area contributed by atoms with Gasteiger partial charge in [0.1, 0.15) is 0 Å². The van der Waals surface area contributed by atoms with Crippen LogP contribution >= 0.6 is 0 Å². The smallest absolute Gasteiger partial charge is 0.272 e. The minimum atomic E-state index is -0.359. The molecule has 0 aliphatic carbocycles. The van der Waals surface area contributed by atoms with Crippen LogP contribution in [0.4, 0.5) is 5.69 Å². The van der Waals surface area contributed by atoms with Crippen LogP contribution in [0, 0.1) is 24.0 Å². The van der Waals surface area contributed by atoms with Gasteiger partial charge in [-0.25, -0.2) is 0 Å². The highest BCUT2D eigenvalue weighted by molar-refractivity contribution is 5.41. The first-order chi connectivity index (χ1) is 9.49. The van der Waals surface area contributed by atoms with Gasteiger partial charge in [0, 0.05) is 17.7 Å². The average Bonchev–Trinajstić information content (AvgIpc) is 2.42. The predicted octanol–water partition coefficient (Wildman–Crippen LogP) is 3.45. The van der Waals surface area contributed by atoms with Crippen molar-refractivity contribution >= 4 is 5.69 Å². The average molecular weight is 270 g/mol. The Kier molecular flexibility index (Phi) is 4.15. The SMILES string of the molecule is Cc1ccc(C(N)Cc2ccccc2[N+](=O)[O-])cc1C. The summed E-state index contributed by atoms with van der Waals surface area (Å²) in [5.41, 5.74) is 10.4. The van der Waals surface area contributed by atoms with E-state index in [2.05, 4.69) is 6.07 Å². The summed E-state index contributed by atoms with van der Waals surface area (Å²) in [6, 6.07) is 12.6. The highest BCUT2D eigenvalue weighted by Crippen LogP contribution is 2.24. The van der Waals surface area contributed by atoms with E-state index in [0.717, 1.165) is 5.56 Å². The second kappa shape index (κ2) is 5.84. The molecule has 0 amide bonds. The first kappa shape index (κ1) is 14.2. The van der Waals surface area contributed by atoms with Gasteiger partial charge in [-0.3, -0.25) is 10.1 Å². The molecule has 1 unspecified atom stereocenters. The zero-order chi connectivity index (χ0) is 14.7. The summed E-state index contributed by atoms with van der Waals surface area (Å²) in [5, 5.41) is 11.0. The van der Waals surface area contributed by atoms with Crippen molar-refractivity contribution in [3.8, 4) is 0 Å². The van der Waals surface area contributed by atoms with Gasteiger partial charge in [-0.15, -0.1) is 0 Å². The van der Waals surface area contributed by atoms with Gasteiger partial charge in [0.15, 0.2) is 0 Å². The van der Waals surface area contributed by atoms with Crippen LogP contribution in [-0.2, 0) is 6.42 Å². The van der Waals surface area contributed by atoms with Crippen LogP contribution in [0.3, 0.4) is 0 Å². The number of nitrogens with zero attached hydrogens (tertiary/aromatic N) is 1. The molecule has 0 heterocycles. The normalized spacial score (nSPS) is 12.2. The van der Waals surface area contributed by atoms with E-state index in [-0.39, 0.29) is 16.7 Å². The molecule has 0 bridgehead atoms. The van der Waals surface area contributed by atoms with Crippen molar-refractivity contribution in [1.82, 2.24) is 0 Å². The molecule has 2 aromatic carbocycles. The third kappa shape index (κ3) is 3.03. The first-order valence-corrected chi connectivity index (χ1v) is 6.54. The number of nitro benzene ring substituents is 1. The Bertz CT molecular complexity index is 638. The molecule has 2 N–H and O–H groups in total. The van der Waals surface area contributed by atoms with Gasteiger partial charge in [0.2, 0.25) is 0 Å². The fourth-order valence-electron chi connectivity index (χ4n) is 2.21. The second-order valence-corrected chi connectivity index (χ2v) is 5.04. The third-order valence-electron chi connectivity index (χ3n) is 3.59. The summed E-state index contributed by atoms with van der Waals surface area (Å²) >= 11 is 0. The molecular weight excluding hydrogens is 252 g/mol. The van der Waals surface area contributed by atoms with E-state index in [1.165, 1.54) is 17.2 Å². The lowest BCUT2D eigenvalue weighted by Crippen LogP contribution is -2.14. The third-order valence-corrected chi connectivity index (χ3v) is 3.59. The van der Waals surface area contributed by atoms with Gasteiger partial charge >= 0.3 is 0 Å². The molecule has 0 radical (unpaired) electrons. The number of nitrogens with two attached hydrogens (primary N) is 1. The molecule has 0 saturated carbocycles. The van der Waals surface area contributed by atoms with E-state index < -0.39 is 0 Å². The van der Waals surface area contributed by atoms with Gasteiger partial charge in [0.05, 0.1) is 4.92 Å². The number of hydrogen-bond acceptors (Lipinski definition) is 3. The maximum Gasteiger partial charge on any atom is 0.272 e. The summed E-state index contributed by atoms with van der Waals surface area (Å²) in [7, 11) is 0. The minimum Gasteiger partial charge on any atom is -0.324 e. The number of aryl methyl sites for hydroxylation is 2. The van der Waals surface area contributed by atoms with Crippen molar-refractivity contribution in [2.45, 2.75) is 26.3 Å². The highest BCUT2D eigenvalue weighted by Gasteiger charge is 2.16. The van der Waals surface area contributed by atoms with Crippen LogP contribution in [-0.4, -0.2) is 4.92 Å². The van der Waals surface area contributed by atoms with E-state index in [1.54, 1.807) is 18.2 Å². The Labute approximate surface area is 118 Å². The van der Waals surface area contributed by atoms with E-state index >= 15 is 0 Å². The Hall–Kier alpha value is -2.20. The lowest BCUT2D eigenvalue weighted by molar-refractivity contribution is -0.385. The number of rotatable bonds is 4. The van der Waals surface area contributed by atoms with Crippen molar-refractivity contribution < 1.29 is 4.92 Å². The molecule has 0 aliphatic rings. The first-order valence-electron chi connectivity index (χ1n) is 6.54. The maximum atomic E-state index is 11.0. The summed E-state index contributed by atoms with van der Waals surface area (Å²) in [4.78, 5) is 10.6. The van der Waals surface area contributed by atoms with Crippen molar-refractivity contribution in [1.29, 1.82) is 0 Å². The van der Waals surface area contributed by atoms with Crippen molar-refractivity contribution in [3.05, 3.63) is 74.8 Å². The molecule has 2 aromatic rings.